The van der Waals surface area contributed by atoms with E-state index in [0.29, 0.717) is 6.54 Å². The summed E-state index contributed by atoms with van der Waals surface area (Å²) in [5.74, 6) is -1.10. The fourth-order valence-corrected chi connectivity index (χ4v) is 3.39. The zero-order valence-corrected chi connectivity index (χ0v) is 11.7. The Morgan fingerprint density at radius 3 is 2.47 bits per heavy atom. The predicted octanol–water partition coefficient (Wildman–Crippen LogP) is 1.79. The molecule has 0 fully saturated rings. The third kappa shape index (κ3) is 2.85. The molecule has 1 aromatic carbocycles. The van der Waals surface area contributed by atoms with E-state index in [2.05, 4.69) is 15.9 Å². The number of carboxylic acids is 1. The minimum Gasteiger partial charge on any atom is -0.478 e. The van der Waals surface area contributed by atoms with Gasteiger partial charge in [-0.05, 0) is 34.1 Å². The van der Waals surface area contributed by atoms with Crippen molar-refractivity contribution in [1.82, 2.24) is 4.31 Å². The zero-order chi connectivity index (χ0) is 13.2. The first-order valence-electron chi connectivity index (χ1n) is 4.80. The minimum atomic E-state index is -3.57. The van der Waals surface area contributed by atoms with Crippen molar-refractivity contribution in [2.75, 3.05) is 13.6 Å². The summed E-state index contributed by atoms with van der Waals surface area (Å²) >= 11 is 3.08. The van der Waals surface area contributed by atoms with Crippen molar-refractivity contribution in [2.45, 2.75) is 11.8 Å². The molecule has 0 aliphatic carbocycles. The van der Waals surface area contributed by atoms with Gasteiger partial charge in [0.1, 0.15) is 0 Å². The molecule has 17 heavy (non-hydrogen) atoms. The topological polar surface area (TPSA) is 74.7 Å². The first-order chi connectivity index (χ1) is 7.80. The molecule has 0 spiro atoms. The Morgan fingerprint density at radius 2 is 2.06 bits per heavy atom. The average molecular weight is 322 g/mol. The molecule has 94 valence electrons. The number of carbonyl (C=O) groups is 1. The highest BCUT2D eigenvalue weighted by Crippen LogP contribution is 2.25. The number of halogens is 1. The van der Waals surface area contributed by atoms with Crippen LogP contribution in [0.3, 0.4) is 0 Å². The molecule has 0 atom stereocenters. The lowest BCUT2D eigenvalue weighted by Crippen LogP contribution is -2.26. The molecule has 0 aliphatic rings. The van der Waals surface area contributed by atoms with Crippen LogP contribution in [-0.4, -0.2) is 37.4 Å². The van der Waals surface area contributed by atoms with Crippen LogP contribution < -0.4 is 0 Å². The van der Waals surface area contributed by atoms with Gasteiger partial charge < -0.3 is 5.11 Å². The van der Waals surface area contributed by atoms with Crippen LogP contribution >= 0.6 is 15.9 Å². The van der Waals surface area contributed by atoms with Crippen molar-refractivity contribution in [3.63, 3.8) is 0 Å². The van der Waals surface area contributed by atoms with Gasteiger partial charge >= 0.3 is 5.97 Å². The predicted molar refractivity (Wildman–Crippen MR) is 66.6 cm³/mol. The van der Waals surface area contributed by atoms with E-state index in [0.717, 1.165) is 0 Å². The van der Waals surface area contributed by atoms with Gasteiger partial charge in [-0.15, -0.1) is 0 Å². The molecule has 0 heterocycles. The summed E-state index contributed by atoms with van der Waals surface area (Å²) in [7, 11) is -2.10. The Labute approximate surface area is 108 Å². The Hall–Kier alpha value is -0.920. The van der Waals surface area contributed by atoms with Crippen LogP contribution in [-0.2, 0) is 10.0 Å². The number of nitrogens with zero attached hydrogens (tertiary/aromatic N) is 1. The second kappa shape index (κ2) is 5.16. The number of hydrogen-bond donors (Lipinski definition) is 1. The second-order valence-corrected chi connectivity index (χ2v) is 6.24. The molecular weight excluding hydrogens is 310 g/mol. The van der Waals surface area contributed by atoms with E-state index in [-0.39, 0.29) is 14.9 Å². The van der Waals surface area contributed by atoms with E-state index in [1.54, 1.807) is 6.92 Å². The number of aromatic carboxylic acids is 1. The van der Waals surface area contributed by atoms with Crippen LogP contribution in [0.25, 0.3) is 0 Å². The van der Waals surface area contributed by atoms with Gasteiger partial charge in [0.2, 0.25) is 10.0 Å². The standard InChI is InChI=1S/C10H12BrNO4S/c1-3-12(2)17(15,16)9-5-4-7(10(13)14)6-8(9)11/h4-6H,3H2,1-2H3,(H,13,14). The molecule has 0 saturated carbocycles. The highest BCUT2D eigenvalue weighted by molar-refractivity contribution is 9.10. The summed E-state index contributed by atoms with van der Waals surface area (Å²) in [5.41, 5.74) is 0.0370. The van der Waals surface area contributed by atoms with E-state index in [1.807, 2.05) is 0 Å². The van der Waals surface area contributed by atoms with Crippen molar-refractivity contribution in [2.24, 2.45) is 0 Å². The summed E-state index contributed by atoms with van der Waals surface area (Å²) in [4.78, 5) is 10.8. The largest absolute Gasteiger partial charge is 0.478 e. The quantitative estimate of drug-likeness (QED) is 0.917. The molecule has 1 rings (SSSR count). The lowest BCUT2D eigenvalue weighted by molar-refractivity contribution is 0.0696. The summed E-state index contributed by atoms with van der Waals surface area (Å²) in [6.07, 6.45) is 0. The van der Waals surface area contributed by atoms with Crippen LogP contribution in [0.1, 0.15) is 17.3 Å². The highest BCUT2D eigenvalue weighted by Gasteiger charge is 2.22. The number of benzene rings is 1. The maximum absolute atomic E-state index is 12.0. The van der Waals surface area contributed by atoms with E-state index < -0.39 is 16.0 Å². The zero-order valence-electron chi connectivity index (χ0n) is 9.34. The molecule has 0 aliphatic heterocycles. The monoisotopic (exact) mass is 321 g/mol. The molecule has 0 radical (unpaired) electrons. The van der Waals surface area contributed by atoms with Gasteiger partial charge in [-0.1, -0.05) is 6.92 Å². The Balaban J connectivity index is 3.31. The molecular formula is C10H12BrNO4S. The van der Waals surface area contributed by atoms with Gasteiger partial charge in [0.25, 0.3) is 0 Å². The molecule has 1 N–H and O–H groups in total. The first-order valence-corrected chi connectivity index (χ1v) is 7.03. The number of carboxylic acid groups (broad SMARTS) is 1. The van der Waals surface area contributed by atoms with E-state index >= 15 is 0 Å². The van der Waals surface area contributed by atoms with Crippen molar-refractivity contribution >= 4 is 31.9 Å². The number of rotatable bonds is 4. The molecule has 0 amide bonds. The third-order valence-corrected chi connectivity index (χ3v) is 5.22. The molecule has 0 saturated heterocycles. The molecule has 7 heteroatoms. The average Bonchev–Trinajstić information content (AvgIpc) is 2.27. The van der Waals surface area contributed by atoms with Gasteiger partial charge in [-0.3, -0.25) is 0 Å². The van der Waals surface area contributed by atoms with Crippen molar-refractivity contribution < 1.29 is 18.3 Å². The van der Waals surface area contributed by atoms with Crippen molar-refractivity contribution in [1.29, 1.82) is 0 Å². The maximum atomic E-state index is 12.0. The van der Waals surface area contributed by atoms with Crippen molar-refractivity contribution in [3.8, 4) is 0 Å². The number of hydrogen-bond acceptors (Lipinski definition) is 3. The van der Waals surface area contributed by atoms with Crippen molar-refractivity contribution in [3.05, 3.63) is 28.2 Å². The van der Waals surface area contributed by atoms with Crippen LogP contribution in [0.15, 0.2) is 27.6 Å². The maximum Gasteiger partial charge on any atom is 0.335 e. The second-order valence-electron chi connectivity index (χ2n) is 3.37. The van der Waals surface area contributed by atoms with Gasteiger partial charge in [0.15, 0.2) is 0 Å². The van der Waals surface area contributed by atoms with Crippen LogP contribution in [0.4, 0.5) is 0 Å². The molecule has 0 aromatic heterocycles. The fourth-order valence-electron chi connectivity index (χ4n) is 1.18. The van der Waals surface area contributed by atoms with Crippen LogP contribution in [0.2, 0.25) is 0 Å². The fraction of sp³-hybridized carbons (Fsp3) is 0.300. The molecule has 5 nitrogen and oxygen atoms in total. The van der Waals surface area contributed by atoms with E-state index in [9.17, 15) is 13.2 Å². The normalized spacial score (nSPS) is 11.8. The van der Waals surface area contributed by atoms with Crippen LogP contribution in [0, 0.1) is 0 Å². The Kier molecular flexibility index (Phi) is 4.29. The number of sulfonamides is 1. The SMILES string of the molecule is CCN(C)S(=O)(=O)c1ccc(C(=O)O)cc1Br. The van der Waals surface area contributed by atoms with Gasteiger partial charge in [0, 0.05) is 18.1 Å². The summed E-state index contributed by atoms with van der Waals surface area (Å²) in [5, 5.41) is 8.78. The Bertz CT molecular complexity index is 541. The van der Waals surface area contributed by atoms with Crippen LogP contribution in [0.5, 0.6) is 0 Å². The first kappa shape index (κ1) is 14.1. The lowest BCUT2D eigenvalue weighted by atomic mass is 10.2. The molecule has 0 unspecified atom stereocenters. The van der Waals surface area contributed by atoms with E-state index in [1.165, 1.54) is 29.6 Å². The Morgan fingerprint density at radius 1 is 1.47 bits per heavy atom. The summed E-state index contributed by atoms with van der Waals surface area (Å²) in [6, 6.07) is 3.83. The lowest BCUT2D eigenvalue weighted by Gasteiger charge is -2.16. The smallest absolute Gasteiger partial charge is 0.335 e. The highest BCUT2D eigenvalue weighted by atomic mass is 79.9. The van der Waals surface area contributed by atoms with E-state index in [4.69, 9.17) is 5.11 Å². The van der Waals surface area contributed by atoms with Gasteiger partial charge in [-0.25, -0.2) is 17.5 Å². The third-order valence-electron chi connectivity index (χ3n) is 2.31. The molecule has 0 bridgehead atoms. The minimum absolute atomic E-state index is 0.0370. The summed E-state index contributed by atoms with van der Waals surface area (Å²) in [6.45, 7) is 2.06. The van der Waals surface area contributed by atoms with Gasteiger partial charge in [-0.2, -0.15) is 0 Å². The molecule has 1 aromatic rings. The van der Waals surface area contributed by atoms with Gasteiger partial charge in [0.05, 0.1) is 10.5 Å². The summed E-state index contributed by atoms with van der Waals surface area (Å²) < 4.78 is 25.5.